The number of hydrogen-bond donors (Lipinski definition) is 2. The second-order valence-electron chi connectivity index (χ2n) is 5.56. The fraction of sp³-hybridized carbons (Fsp3) is 0.533. The summed E-state index contributed by atoms with van der Waals surface area (Å²) < 4.78 is 10.6. The van der Waals surface area contributed by atoms with Crippen molar-refractivity contribution >= 4 is 11.6 Å². The van der Waals surface area contributed by atoms with E-state index in [-0.39, 0.29) is 19.3 Å². The molecule has 2 aliphatic heterocycles. The number of likely N-dealkylation sites (tertiary alicyclic amines) is 1. The molecule has 1 saturated heterocycles. The minimum Gasteiger partial charge on any atom is -0.454 e. The Morgan fingerprint density at radius 3 is 2.90 bits per heavy atom. The van der Waals surface area contributed by atoms with E-state index in [9.17, 15) is 4.79 Å². The summed E-state index contributed by atoms with van der Waals surface area (Å²) in [5.74, 6) is 1.44. The summed E-state index contributed by atoms with van der Waals surface area (Å²) in [5, 5.41) is 9.06. The first-order valence-corrected chi connectivity index (χ1v) is 7.28. The number of aliphatic hydroxyl groups is 1. The number of hydrogen-bond acceptors (Lipinski definition) is 5. The fourth-order valence-corrected chi connectivity index (χ4v) is 2.98. The number of benzene rings is 1. The van der Waals surface area contributed by atoms with E-state index in [1.54, 1.807) is 12.1 Å². The van der Waals surface area contributed by atoms with E-state index in [0.717, 1.165) is 25.8 Å². The third kappa shape index (κ3) is 2.76. The van der Waals surface area contributed by atoms with Gasteiger partial charge in [-0.05, 0) is 31.2 Å². The average molecular weight is 292 g/mol. The largest absolute Gasteiger partial charge is 0.454 e. The zero-order valence-electron chi connectivity index (χ0n) is 11.9. The Morgan fingerprint density at radius 2 is 2.14 bits per heavy atom. The standard InChI is InChI=1S/C15H20N2O4/c16-12-7-14-13(20-9-21-14)6-11(12)15(19)17-4-1-2-10(8-17)3-5-18/h6-7,10,18H,1-5,8-9,16H2. The van der Waals surface area contributed by atoms with Gasteiger partial charge in [0.25, 0.3) is 5.91 Å². The normalized spacial score (nSPS) is 20.6. The Balaban J connectivity index is 1.78. The first-order valence-electron chi connectivity index (χ1n) is 7.28. The van der Waals surface area contributed by atoms with E-state index < -0.39 is 0 Å². The number of nitrogen functional groups attached to an aromatic ring is 1. The van der Waals surface area contributed by atoms with Gasteiger partial charge in [-0.3, -0.25) is 4.79 Å². The van der Waals surface area contributed by atoms with Crippen molar-refractivity contribution in [3.05, 3.63) is 17.7 Å². The maximum Gasteiger partial charge on any atom is 0.256 e. The summed E-state index contributed by atoms with van der Waals surface area (Å²) in [6.45, 7) is 1.73. The molecule has 2 aliphatic rings. The summed E-state index contributed by atoms with van der Waals surface area (Å²) in [7, 11) is 0. The Kier molecular flexibility index (Phi) is 3.88. The number of anilines is 1. The van der Waals surface area contributed by atoms with Crippen molar-refractivity contribution in [2.24, 2.45) is 5.92 Å². The first-order chi connectivity index (χ1) is 10.2. The molecular formula is C15H20N2O4. The van der Waals surface area contributed by atoms with Crippen molar-refractivity contribution in [1.29, 1.82) is 0 Å². The van der Waals surface area contributed by atoms with Crippen molar-refractivity contribution in [3.8, 4) is 11.5 Å². The topological polar surface area (TPSA) is 85.0 Å². The van der Waals surface area contributed by atoms with Gasteiger partial charge in [0, 0.05) is 31.5 Å². The number of ether oxygens (including phenoxy) is 2. The van der Waals surface area contributed by atoms with Crippen LogP contribution >= 0.6 is 0 Å². The number of piperidine rings is 1. The Labute approximate surface area is 123 Å². The molecule has 21 heavy (non-hydrogen) atoms. The summed E-state index contributed by atoms with van der Waals surface area (Å²) in [5.41, 5.74) is 6.84. The molecule has 6 heteroatoms. The monoisotopic (exact) mass is 292 g/mol. The van der Waals surface area contributed by atoms with Crippen LogP contribution in [-0.2, 0) is 0 Å². The minimum absolute atomic E-state index is 0.0755. The number of carbonyl (C=O) groups is 1. The molecule has 3 rings (SSSR count). The molecule has 0 radical (unpaired) electrons. The van der Waals surface area contributed by atoms with Crippen LogP contribution in [0.3, 0.4) is 0 Å². The molecule has 1 aromatic rings. The number of carbonyl (C=O) groups excluding carboxylic acids is 1. The quantitative estimate of drug-likeness (QED) is 0.819. The Morgan fingerprint density at radius 1 is 1.38 bits per heavy atom. The van der Waals surface area contributed by atoms with Crippen LogP contribution in [-0.4, -0.2) is 42.4 Å². The average Bonchev–Trinajstić information content (AvgIpc) is 2.93. The van der Waals surface area contributed by atoms with Gasteiger partial charge in [0.1, 0.15) is 0 Å². The fourth-order valence-electron chi connectivity index (χ4n) is 2.98. The zero-order chi connectivity index (χ0) is 14.8. The number of fused-ring (bicyclic) bond motifs is 1. The predicted octanol–water partition coefficient (Wildman–Crippen LogP) is 1.23. The van der Waals surface area contributed by atoms with E-state index in [2.05, 4.69) is 0 Å². The lowest BCUT2D eigenvalue weighted by Gasteiger charge is -2.32. The number of nitrogens with zero attached hydrogens (tertiary/aromatic N) is 1. The highest BCUT2D eigenvalue weighted by Gasteiger charge is 2.27. The lowest BCUT2D eigenvalue weighted by Crippen LogP contribution is -2.40. The molecule has 1 unspecified atom stereocenters. The third-order valence-electron chi connectivity index (χ3n) is 4.12. The van der Waals surface area contributed by atoms with E-state index in [1.165, 1.54) is 0 Å². The molecule has 0 spiro atoms. The van der Waals surface area contributed by atoms with E-state index in [0.29, 0.717) is 35.2 Å². The van der Waals surface area contributed by atoms with Gasteiger partial charge in [-0.25, -0.2) is 0 Å². The van der Waals surface area contributed by atoms with Crippen molar-refractivity contribution in [1.82, 2.24) is 4.90 Å². The van der Waals surface area contributed by atoms with E-state index >= 15 is 0 Å². The molecule has 1 fully saturated rings. The number of nitrogens with two attached hydrogens (primary N) is 1. The maximum absolute atomic E-state index is 12.7. The van der Waals surface area contributed by atoms with Gasteiger partial charge >= 0.3 is 0 Å². The molecule has 6 nitrogen and oxygen atoms in total. The van der Waals surface area contributed by atoms with Gasteiger partial charge in [0.05, 0.1) is 5.56 Å². The summed E-state index contributed by atoms with van der Waals surface area (Å²) >= 11 is 0. The second-order valence-corrected chi connectivity index (χ2v) is 5.56. The highest BCUT2D eigenvalue weighted by atomic mass is 16.7. The molecular weight excluding hydrogens is 272 g/mol. The highest BCUT2D eigenvalue weighted by molar-refractivity contribution is 6.00. The lowest BCUT2D eigenvalue weighted by molar-refractivity contribution is 0.0654. The molecule has 0 saturated carbocycles. The molecule has 114 valence electrons. The van der Waals surface area contributed by atoms with Gasteiger partial charge in [-0.15, -0.1) is 0 Å². The van der Waals surface area contributed by atoms with Crippen LogP contribution in [0.2, 0.25) is 0 Å². The molecule has 2 heterocycles. The van der Waals surface area contributed by atoms with Gasteiger partial charge in [0.15, 0.2) is 11.5 Å². The van der Waals surface area contributed by atoms with Crippen molar-refractivity contribution in [2.75, 3.05) is 32.2 Å². The van der Waals surface area contributed by atoms with E-state index in [1.807, 2.05) is 4.90 Å². The van der Waals surface area contributed by atoms with E-state index in [4.69, 9.17) is 20.3 Å². The van der Waals surface area contributed by atoms with Crippen LogP contribution < -0.4 is 15.2 Å². The molecule has 3 N–H and O–H groups in total. The number of rotatable bonds is 3. The van der Waals surface area contributed by atoms with Crippen LogP contribution in [0.25, 0.3) is 0 Å². The summed E-state index contributed by atoms with van der Waals surface area (Å²) in [6.07, 6.45) is 2.75. The van der Waals surface area contributed by atoms with Gasteiger partial charge in [0.2, 0.25) is 6.79 Å². The van der Waals surface area contributed by atoms with Gasteiger partial charge in [-0.2, -0.15) is 0 Å². The summed E-state index contributed by atoms with van der Waals surface area (Å²) in [4.78, 5) is 14.5. The number of aliphatic hydroxyl groups excluding tert-OH is 1. The Hall–Kier alpha value is -1.95. The van der Waals surface area contributed by atoms with Crippen molar-refractivity contribution < 1.29 is 19.4 Å². The Bertz CT molecular complexity index is 545. The molecule has 0 aliphatic carbocycles. The van der Waals surface area contributed by atoms with Crippen LogP contribution in [0, 0.1) is 5.92 Å². The SMILES string of the molecule is Nc1cc2c(cc1C(=O)N1CCCC(CCO)C1)OCO2. The van der Waals surface area contributed by atoms with Crippen LogP contribution in [0.1, 0.15) is 29.6 Å². The van der Waals surface area contributed by atoms with Crippen molar-refractivity contribution in [2.45, 2.75) is 19.3 Å². The zero-order valence-corrected chi connectivity index (χ0v) is 11.9. The molecule has 0 aromatic heterocycles. The molecule has 0 bridgehead atoms. The molecule has 1 aromatic carbocycles. The van der Waals surface area contributed by atoms with Gasteiger partial charge in [-0.1, -0.05) is 0 Å². The lowest BCUT2D eigenvalue weighted by atomic mass is 9.94. The highest BCUT2D eigenvalue weighted by Crippen LogP contribution is 2.36. The maximum atomic E-state index is 12.7. The predicted molar refractivity (Wildman–Crippen MR) is 77.3 cm³/mol. The summed E-state index contributed by atoms with van der Waals surface area (Å²) in [6, 6.07) is 3.31. The second kappa shape index (κ2) is 5.81. The smallest absolute Gasteiger partial charge is 0.256 e. The van der Waals surface area contributed by atoms with Crippen LogP contribution in [0.4, 0.5) is 5.69 Å². The van der Waals surface area contributed by atoms with Crippen LogP contribution in [0.15, 0.2) is 12.1 Å². The molecule has 1 amide bonds. The minimum atomic E-state index is -0.0755. The third-order valence-corrected chi connectivity index (χ3v) is 4.12. The first kappa shape index (κ1) is 14.0. The van der Waals surface area contributed by atoms with Crippen molar-refractivity contribution in [3.63, 3.8) is 0 Å². The van der Waals surface area contributed by atoms with Crippen LogP contribution in [0.5, 0.6) is 11.5 Å². The molecule has 1 atom stereocenters. The number of amides is 1. The van der Waals surface area contributed by atoms with Gasteiger partial charge < -0.3 is 25.2 Å².